The molecule has 0 aromatic heterocycles. The molecule has 0 atom stereocenters. The van der Waals surface area contributed by atoms with E-state index in [1.54, 1.807) is 6.92 Å². The Labute approximate surface area is 121 Å². The van der Waals surface area contributed by atoms with Crippen LogP contribution in [0.2, 0.25) is 0 Å². The van der Waals surface area contributed by atoms with Gasteiger partial charge in [0.1, 0.15) is 5.78 Å². The zero-order valence-electron chi connectivity index (χ0n) is 12.6. The molecule has 0 aliphatic heterocycles. The summed E-state index contributed by atoms with van der Waals surface area (Å²) < 4.78 is 4.81. The first-order chi connectivity index (χ1) is 9.51. The molecule has 1 aromatic carbocycles. The van der Waals surface area contributed by atoms with Crippen LogP contribution in [0, 0.1) is 5.92 Å². The van der Waals surface area contributed by atoms with Gasteiger partial charge >= 0.3 is 5.97 Å². The standard InChI is InChI=1S/C17H24O3/c1-4-20-17(19)9-8-16(18)12-15-7-5-6-14(11-15)10-13(2)3/h5-7,11,13H,4,8-10,12H2,1-3H3. The fraction of sp³-hybridized carbons (Fsp3) is 0.529. The summed E-state index contributed by atoms with van der Waals surface area (Å²) in [5, 5.41) is 0. The predicted molar refractivity (Wildman–Crippen MR) is 79.6 cm³/mol. The van der Waals surface area contributed by atoms with Gasteiger partial charge in [0, 0.05) is 12.8 Å². The Hall–Kier alpha value is -1.64. The largest absolute Gasteiger partial charge is 0.466 e. The fourth-order valence-corrected chi connectivity index (χ4v) is 2.13. The van der Waals surface area contributed by atoms with Crippen LogP contribution in [-0.4, -0.2) is 18.4 Å². The molecular weight excluding hydrogens is 252 g/mol. The topological polar surface area (TPSA) is 43.4 Å². The van der Waals surface area contributed by atoms with Crippen LogP contribution < -0.4 is 0 Å². The van der Waals surface area contributed by atoms with Gasteiger partial charge in [-0.1, -0.05) is 38.1 Å². The maximum atomic E-state index is 11.8. The van der Waals surface area contributed by atoms with E-state index < -0.39 is 0 Å². The second kappa shape index (κ2) is 8.51. The smallest absolute Gasteiger partial charge is 0.306 e. The number of esters is 1. The number of ether oxygens (including phenoxy) is 1. The maximum Gasteiger partial charge on any atom is 0.306 e. The van der Waals surface area contributed by atoms with Crippen molar-refractivity contribution >= 4 is 11.8 Å². The van der Waals surface area contributed by atoms with Crippen LogP contribution in [0.1, 0.15) is 44.7 Å². The fourth-order valence-electron chi connectivity index (χ4n) is 2.13. The molecule has 0 aliphatic carbocycles. The van der Waals surface area contributed by atoms with E-state index in [0.717, 1.165) is 12.0 Å². The van der Waals surface area contributed by atoms with Gasteiger partial charge in [-0.3, -0.25) is 9.59 Å². The van der Waals surface area contributed by atoms with Crippen molar-refractivity contribution in [1.29, 1.82) is 0 Å². The van der Waals surface area contributed by atoms with Gasteiger partial charge in [-0.05, 0) is 30.4 Å². The van der Waals surface area contributed by atoms with E-state index in [9.17, 15) is 9.59 Å². The molecule has 0 fully saturated rings. The molecule has 3 nitrogen and oxygen atoms in total. The SMILES string of the molecule is CCOC(=O)CCC(=O)Cc1cccc(CC(C)C)c1. The van der Waals surface area contributed by atoms with Crippen molar-refractivity contribution in [2.24, 2.45) is 5.92 Å². The molecule has 110 valence electrons. The highest BCUT2D eigenvalue weighted by Gasteiger charge is 2.09. The van der Waals surface area contributed by atoms with E-state index in [-0.39, 0.29) is 24.6 Å². The normalized spacial score (nSPS) is 10.6. The lowest BCUT2D eigenvalue weighted by atomic mass is 9.98. The van der Waals surface area contributed by atoms with Gasteiger partial charge < -0.3 is 4.74 Å². The molecule has 20 heavy (non-hydrogen) atoms. The van der Waals surface area contributed by atoms with Crippen LogP contribution in [0.3, 0.4) is 0 Å². The highest BCUT2D eigenvalue weighted by atomic mass is 16.5. The zero-order chi connectivity index (χ0) is 15.0. The predicted octanol–water partition coefficient (Wildman–Crippen LogP) is 3.34. The van der Waals surface area contributed by atoms with Gasteiger partial charge in [-0.15, -0.1) is 0 Å². The third-order valence-electron chi connectivity index (χ3n) is 2.95. The van der Waals surface area contributed by atoms with Gasteiger partial charge in [-0.25, -0.2) is 0 Å². The van der Waals surface area contributed by atoms with Gasteiger partial charge in [0.05, 0.1) is 13.0 Å². The summed E-state index contributed by atoms with van der Waals surface area (Å²) in [5.74, 6) is 0.388. The Morgan fingerprint density at radius 1 is 1.15 bits per heavy atom. The van der Waals surface area contributed by atoms with Crippen LogP contribution >= 0.6 is 0 Å². The Kier molecular flexibility index (Phi) is 6.99. The van der Waals surface area contributed by atoms with E-state index in [0.29, 0.717) is 18.9 Å². The number of ketones is 1. The highest BCUT2D eigenvalue weighted by molar-refractivity contribution is 5.84. The van der Waals surface area contributed by atoms with Crippen molar-refractivity contribution in [2.75, 3.05) is 6.61 Å². The van der Waals surface area contributed by atoms with Crippen LogP contribution in [0.4, 0.5) is 0 Å². The first-order valence-corrected chi connectivity index (χ1v) is 7.26. The second-order valence-corrected chi connectivity index (χ2v) is 5.44. The molecule has 0 saturated heterocycles. The summed E-state index contributed by atoms with van der Waals surface area (Å²) >= 11 is 0. The minimum absolute atomic E-state index is 0.0831. The van der Waals surface area contributed by atoms with Crippen LogP contribution in [0.15, 0.2) is 24.3 Å². The third-order valence-corrected chi connectivity index (χ3v) is 2.95. The molecule has 0 amide bonds. The Morgan fingerprint density at radius 3 is 2.50 bits per heavy atom. The summed E-state index contributed by atoms with van der Waals surface area (Å²) in [6, 6.07) is 8.13. The lowest BCUT2D eigenvalue weighted by Gasteiger charge is -2.07. The molecular formula is C17H24O3. The molecule has 0 heterocycles. The van der Waals surface area contributed by atoms with Crippen LogP contribution in [-0.2, 0) is 27.2 Å². The zero-order valence-corrected chi connectivity index (χ0v) is 12.6. The van der Waals surface area contributed by atoms with Crippen molar-refractivity contribution < 1.29 is 14.3 Å². The highest BCUT2D eigenvalue weighted by Crippen LogP contribution is 2.12. The minimum atomic E-state index is -0.297. The summed E-state index contributed by atoms with van der Waals surface area (Å²) in [6.45, 7) is 6.48. The number of Topliss-reactive ketones (excluding diaryl/α,β-unsaturated/α-hetero) is 1. The monoisotopic (exact) mass is 276 g/mol. The van der Waals surface area contributed by atoms with Gasteiger partial charge in [0.15, 0.2) is 0 Å². The quantitative estimate of drug-likeness (QED) is 0.684. The van der Waals surface area contributed by atoms with Gasteiger partial charge in [-0.2, -0.15) is 0 Å². The summed E-state index contributed by atoms with van der Waals surface area (Å²) in [6.07, 6.45) is 1.85. The number of carbonyl (C=O) groups excluding carboxylic acids is 2. The van der Waals surface area contributed by atoms with Crippen LogP contribution in [0.5, 0.6) is 0 Å². The van der Waals surface area contributed by atoms with Crippen molar-refractivity contribution in [3.63, 3.8) is 0 Å². The number of hydrogen-bond donors (Lipinski definition) is 0. The van der Waals surface area contributed by atoms with Crippen molar-refractivity contribution in [1.82, 2.24) is 0 Å². The minimum Gasteiger partial charge on any atom is -0.466 e. The van der Waals surface area contributed by atoms with Crippen molar-refractivity contribution in [3.05, 3.63) is 35.4 Å². The van der Waals surface area contributed by atoms with Gasteiger partial charge in [0.2, 0.25) is 0 Å². The average molecular weight is 276 g/mol. The summed E-state index contributed by atoms with van der Waals surface area (Å²) in [7, 11) is 0. The van der Waals surface area contributed by atoms with E-state index in [4.69, 9.17) is 4.74 Å². The number of hydrogen-bond acceptors (Lipinski definition) is 3. The molecule has 0 aliphatic rings. The maximum absolute atomic E-state index is 11.8. The first kappa shape index (κ1) is 16.4. The molecule has 0 spiro atoms. The van der Waals surface area contributed by atoms with E-state index >= 15 is 0 Å². The number of carbonyl (C=O) groups is 2. The van der Waals surface area contributed by atoms with Crippen LogP contribution in [0.25, 0.3) is 0 Å². The number of benzene rings is 1. The lowest BCUT2D eigenvalue weighted by molar-refractivity contribution is -0.144. The van der Waals surface area contributed by atoms with Crippen molar-refractivity contribution in [3.8, 4) is 0 Å². The lowest BCUT2D eigenvalue weighted by Crippen LogP contribution is -2.09. The summed E-state index contributed by atoms with van der Waals surface area (Å²) in [4.78, 5) is 23.0. The average Bonchev–Trinajstić information content (AvgIpc) is 2.36. The molecule has 1 aromatic rings. The molecule has 3 heteroatoms. The van der Waals surface area contributed by atoms with E-state index in [1.807, 2.05) is 12.1 Å². The first-order valence-electron chi connectivity index (χ1n) is 7.26. The van der Waals surface area contributed by atoms with Crippen molar-refractivity contribution in [2.45, 2.75) is 46.5 Å². The second-order valence-electron chi connectivity index (χ2n) is 5.44. The molecule has 0 bridgehead atoms. The Balaban J connectivity index is 2.47. The number of rotatable bonds is 8. The Bertz CT molecular complexity index is 449. The molecule has 0 unspecified atom stereocenters. The molecule has 0 radical (unpaired) electrons. The Morgan fingerprint density at radius 2 is 1.85 bits per heavy atom. The summed E-state index contributed by atoms with van der Waals surface area (Å²) in [5.41, 5.74) is 2.28. The van der Waals surface area contributed by atoms with E-state index in [2.05, 4.69) is 26.0 Å². The third kappa shape index (κ3) is 6.50. The molecule has 1 rings (SSSR count). The van der Waals surface area contributed by atoms with Gasteiger partial charge in [0.25, 0.3) is 0 Å². The van der Waals surface area contributed by atoms with E-state index in [1.165, 1.54) is 5.56 Å². The molecule has 0 saturated carbocycles. The molecule has 0 N–H and O–H groups in total.